The highest BCUT2D eigenvalue weighted by Gasteiger charge is 2.41. The van der Waals surface area contributed by atoms with Crippen molar-refractivity contribution in [1.29, 1.82) is 0 Å². The summed E-state index contributed by atoms with van der Waals surface area (Å²) >= 11 is 0. The third-order valence-corrected chi connectivity index (χ3v) is 6.29. The highest BCUT2D eigenvalue weighted by molar-refractivity contribution is 5.57. The number of fused-ring (bicyclic) bond motifs is 1. The topological polar surface area (TPSA) is 66.4 Å². The van der Waals surface area contributed by atoms with Gasteiger partial charge < -0.3 is 45.7 Å². The lowest BCUT2D eigenvalue weighted by Crippen LogP contribution is -3.00. The summed E-state index contributed by atoms with van der Waals surface area (Å²) in [7, 11) is 10.4. The van der Waals surface area contributed by atoms with Gasteiger partial charge in [0.15, 0.2) is 23.0 Å². The second kappa shape index (κ2) is 11.0. The van der Waals surface area contributed by atoms with Crippen LogP contribution in [0.25, 0.3) is 0 Å². The minimum atomic E-state index is 0. The molecule has 0 radical (unpaired) electrons. The third kappa shape index (κ3) is 4.70. The maximum Gasteiger partial charge on any atom is 0.203 e. The van der Waals surface area contributed by atoms with Gasteiger partial charge >= 0.3 is 0 Å². The standard InChI is InChI=1S/C24H34NO6.ClH/c1-25(9-7-11-26)10-8-16-12-19(27-2)20(28-3)15-18(16)23(25)17-13-21(29-4)24(31-6)22(14-17)30-5;/h12-15,23,26H,7-11H2,1-6H3;1H/q+1;/p-1/t23-,25?;/m0./s1. The molecule has 3 rings (SSSR count). The molecule has 0 fully saturated rings. The van der Waals surface area contributed by atoms with Gasteiger partial charge in [0.25, 0.3) is 0 Å². The number of hydrogen-bond acceptors (Lipinski definition) is 6. The fourth-order valence-corrected chi connectivity index (χ4v) is 4.72. The van der Waals surface area contributed by atoms with Crippen LogP contribution in [0.4, 0.5) is 0 Å². The molecule has 0 saturated heterocycles. The first-order valence-corrected chi connectivity index (χ1v) is 10.5. The molecular weight excluding hydrogens is 434 g/mol. The molecular formula is C24H34ClNO6. The number of rotatable bonds is 9. The highest BCUT2D eigenvalue weighted by Crippen LogP contribution is 2.48. The summed E-state index contributed by atoms with van der Waals surface area (Å²) in [5.74, 6) is 3.25. The summed E-state index contributed by atoms with van der Waals surface area (Å²) in [4.78, 5) is 0. The summed E-state index contributed by atoms with van der Waals surface area (Å²) in [6.07, 6.45) is 1.64. The number of benzene rings is 2. The lowest BCUT2D eigenvalue weighted by Gasteiger charge is -2.46. The van der Waals surface area contributed by atoms with Gasteiger partial charge in [-0.1, -0.05) is 0 Å². The Kier molecular flexibility index (Phi) is 8.89. The van der Waals surface area contributed by atoms with Crippen LogP contribution in [0.1, 0.15) is 29.2 Å². The summed E-state index contributed by atoms with van der Waals surface area (Å²) in [6.45, 7) is 1.93. The Labute approximate surface area is 196 Å². The van der Waals surface area contributed by atoms with E-state index in [-0.39, 0.29) is 25.1 Å². The van der Waals surface area contributed by atoms with Crippen LogP contribution >= 0.6 is 0 Å². The van der Waals surface area contributed by atoms with Crippen molar-refractivity contribution in [2.24, 2.45) is 0 Å². The largest absolute Gasteiger partial charge is 1.00 e. The van der Waals surface area contributed by atoms with Gasteiger partial charge in [-0.25, -0.2) is 0 Å². The average Bonchev–Trinajstić information content (AvgIpc) is 2.80. The summed E-state index contributed by atoms with van der Waals surface area (Å²) in [6, 6.07) is 8.20. The molecule has 1 unspecified atom stereocenters. The fraction of sp³-hybridized carbons (Fsp3) is 0.500. The van der Waals surface area contributed by atoms with Crippen LogP contribution in [0.15, 0.2) is 24.3 Å². The normalized spacial score (nSPS) is 19.4. The maximum atomic E-state index is 9.54. The van der Waals surface area contributed by atoms with Crippen LogP contribution in [0.5, 0.6) is 28.7 Å². The zero-order valence-corrected chi connectivity index (χ0v) is 20.5. The summed E-state index contributed by atoms with van der Waals surface area (Å²) in [5.41, 5.74) is 3.47. The Morgan fingerprint density at radius 3 is 1.91 bits per heavy atom. The van der Waals surface area contributed by atoms with Gasteiger partial charge in [0.1, 0.15) is 6.04 Å². The van der Waals surface area contributed by atoms with E-state index < -0.39 is 0 Å². The molecule has 0 aliphatic carbocycles. The van der Waals surface area contributed by atoms with E-state index in [1.54, 1.807) is 35.5 Å². The van der Waals surface area contributed by atoms with Crippen LogP contribution < -0.4 is 36.1 Å². The van der Waals surface area contributed by atoms with Crippen molar-refractivity contribution in [3.8, 4) is 28.7 Å². The number of aliphatic hydroxyl groups is 1. The van der Waals surface area contributed by atoms with Crippen molar-refractivity contribution in [2.75, 3.05) is 62.3 Å². The van der Waals surface area contributed by atoms with E-state index in [4.69, 9.17) is 23.7 Å². The monoisotopic (exact) mass is 467 g/mol. The number of quaternary nitrogens is 1. The van der Waals surface area contributed by atoms with E-state index in [1.807, 2.05) is 12.1 Å². The van der Waals surface area contributed by atoms with Crippen molar-refractivity contribution < 1.29 is 45.7 Å². The predicted octanol–water partition coefficient (Wildman–Crippen LogP) is 0.208. The van der Waals surface area contributed by atoms with E-state index in [2.05, 4.69) is 19.2 Å². The third-order valence-electron chi connectivity index (χ3n) is 6.29. The Morgan fingerprint density at radius 1 is 0.844 bits per heavy atom. The first-order chi connectivity index (χ1) is 15.0. The lowest BCUT2D eigenvalue weighted by molar-refractivity contribution is -0.935. The second-order valence-electron chi connectivity index (χ2n) is 8.02. The molecule has 1 heterocycles. The average molecular weight is 468 g/mol. The van der Waals surface area contributed by atoms with E-state index in [0.29, 0.717) is 23.0 Å². The number of aliphatic hydroxyl groups excluding tert-OH is 1. The van der Waals surface area contributed by atoms with Gasteiger partial charge in [0, 0.05) is 30.6 Å². The smallest absolute Gasteiger partial charge is 0.203 e. The molecule has 0 bridgehead atoms. The van der Waals surface area contributed by atoms with Crippen molar-refractivity contribution in [3.63, 3.8) is 0 Å². The van der Waals surface area contributed by atoms with Gasteiger partial charge in [0.05, 0.1) is 55.7 Å². The van der Waals surface area contributed by atoms with E-state index in [0.717, 1.165) is 41.7 Å². The van der Waals surface area contributed by atoms with Crippen molar-refractivity contribution in [3.05, 3.63) is 41.0 Å². The molecule has 0 spiro atoms. The summed E-state index contributed by atoms with van der Waals surface area (Å²) < 4.78 is 28.7. The molecule has 7 nitrogen and oxygen atoms in total. The Balaban J connectivity index is 0.00000363. The van der Waals surface area contributed by atoms with Crippen LogP contribution in [-0.4, -0.2) is 71.9 Å². The molecule has 0 amide bonds. The van der Waals surface area contributed by atoms with Crippen molar-refractivity contribution in [1.82, 2.24) is 0 Å². The molecule has 178 valence electrons. The van der Waals surface area contributed by atoms with Gasteiger partial charge in [0.2, 0.25) is 5.75 Å². The Bertz CT molecular complexity index is 897. The number of halogens is 1. The molecule has 8 heteroatoms. The zero-order chi connectivity index (χ0) is 22.6. The number of nitrogens with zero attached hydrogens (tertiary/aromatic N) is 1. The number of methoxy groups -OCH3 is 5. The first-order valence-electron chi connectivity index (χ1n) is 10.5. The molecule has 1 aliphatic heterocycles. The molecule has 1 aliphatic rings. The fourth-order valence-electron chi connectivity index (χ4n) is 4.72. The summed E-state index contributed by atoms with van der Waals surface area (Å²) in [5, 5.41) is 9.54. The highest BCUT2D eigenvalue weighted by atomic mass is 35.5. The van der Waals surface area contributed by atoms with Gasteiger partial charge in [-0.2, -0.15) is 0 Å². The lowest BCUT2D eigenvalue weighted by atomic mass is 9.85. The van der Waals surface area contributed by atoms with Gasteiger partial charge in [-0.15, -0.1) is 0 Å². The van der Waals surface area contributed by atoms with E-state index in [1.165, 1.54) is 11.1 Å². The van der Waals surface area contributed by atoms with Crippen LogP contribution in [-0.2, 0) is 6.42 Å². The minimum absolute atomic E-state index is 0. The first kappa shape index (κ1) is 25.9. The Hall–Kier alpha value is -2.35. The van der Waals surface area contributed by atoms with Gasteiger partial charge in [-0.3, -0.25) is 0 Å². The molecule has 32 heavy (non-hydrogen) atoms. The molecule has 2 atom stereocenters. The predicted molar refractivity (Wildman–Crippen MR) is 119 cm³/mol. The zero-order valence-electron chi connectivity index (χ0n) is 19.7. The molecule has 2 aromatic rings. The number of likely N-dealkylation sites (N-methyl/N-ethyl adjacent to an activating group) is 1. The second-order valence-corrected chi connectivity index (χ2v) is 8.02. The van der Waals surface area contributed by atoms with E-state index in [9.17, 15) is 5.11 Å². The molecule has 2 aromatic carbocycles. The number of hydrogen-bond donors (Lipinski definition) is 1. The van der Waals surface area contributed by atoms with Crippen molar-refractivity contribution in [2.45, 2.75) is 18.9 Å². The minimum Gasteiger partial charge on any atom is -1.00 e. The Morgan fingerprint density at radius 2 is 1.41 bits per heavy atom. The van der Waals surface area contributed by atoms with Crippen LogP contribution in [0.3, 0.4) is 0 Å². The van der Waals surface area contributed by atoms with Gasteiger partial charge in [-0.05, 0) is 29.8 Å². The molecule has 0 saturated carbocycles. The maximum absolute atomic E-state index is 9.54. The molecule has 0 aromatic heterocycles. The number of ether oxygens (including phenoxy) is 5. The van der Waals surface area contributed by atoms with Crippen molar-refractivity contribution >= 4 is 0 Å². The SMILES string of the molecule is COc1cc2c(cc1OC)[C@H](c1cc(OC)c(OC)c(OC)c1)[N+](C)(CCCO)CC2.[Cl-]. The van der Waals surface area contributed by atoms with E-state index >= 15 is 0 Å². The quantitative estimate of drug-likeness (QED) is 0.532. The molecule has 1 N–H and O–H groups in total. The van der Waals surface area contributed by atoms with Crippen LogP contribution in [0, 0.1) is 0 Å². The van der Waals surface area contributed by atoms with Crippen LogP contribution in [0.2, 0.25) is 0 Å².